The minimum absolute atomic E-state index is 0.509. The molecular weight excluding hydrogens is 308 g/mol. The Hall–Kier alpha value is -2.84. The Morgan fingerprint density at radius 3 is 2.70 bits per heavy atom. The highest BCUT2D eigenvalue weighted by molar-refractivity contribution is 7.19. The molecule has 0 fully saturated rings. The number of nitriles is 1. The van der Waals surface area contributed by atoms with Gasteiger partial charge in [0.15, 0.2) is 0 Å². The molecule has 5 heteroatoms. The second kappa shape index (κ2) is 6.51. The molecule has 0 bridgehead atoms. The summed E-state index contributed by atoms with van der Waals surface area (Å²) in [5.41, 5.74) is 2.22. The molecule has 0 atom stereocenters. The third-order valence-corrected chi connectivity index (χ3v) is 4.45. The molecule has 2 aromatic carbocycles. The summed E-state index contributed by atoms with van der Waals surface area (Å²) in [7, 11) is 3.20. The van der Waals surface area contributed by atoms with Crippen LogP contribution in [0.3, 0.4) is 0 Å². The number of rotatable bonds is 4. The third kappa shape index (κ3) is 3.03. The van der Waals surface area contributed by atoms with Crippen LogP contribution in [0.15, 0.2) is 42.5 Å². The van der Waals surface area contributed by atoms with Crippen molar-refractivity contribution in [2.75, 3.05) is 14.2 Å². The largest absolute Gasteiger partial charge is 0.497 e. The molecule has 0 unspecified atom stereocenters. The van der Waals surface area contributed by atoms with E-state index in [-0.39, 0.29) is 0 Å². The van der Waals surface area contributed by atoms with Crippen molar-refractivity contribution in [3.8, 4) is 17.6 Å². The summed E-state index contributed by atoms with van der Waals surface area (Å²) in [5, 5.41) is 10.2. The van der Waals surface area contributed by atoms with Gasteiger partial charge in [-0.25, -0.2) is 4.98 Å². The van der Waals surface area contributed by atoms with Gasteiger partial charge in [-0.15, -0.1) is 11.3 Å². The summed E-state index contributed by atoms with van der Waals surface area (Å²) in [6, 6.07) is 15.6. The first-order valence-electron chi connectivity index (χ1n) is 6.95. The fourth-order valence-electron chi connectivity index (χ4n) is 2.22. The Morgan fingerprint density at radius 2 is 2.00 bits per heavy atom. The smallest absolute Gasteiger partial charge is 0.135 e. The van der Waals surface area contributed by atoms with Crippen molar-refractivity contribution in [2.45, 2.75) is 0 Å². The lowest BCUT2D eigenvalue weighted by Gasteiger charge is -2.07. The van der Waals surface area contributed by atoms with E-state index in [9.17, 15) is 5.26 Å². The number of aromatic nitrogens is 1. The van der Waals surface area contributed by atoms with Crippen LogP contribution in [-0.2, 0) is 0 Å². The van der Waals surface area contributed by atoms with Crippen LogP contribution in [0.2, 0.25) is 0 Å². The van der Waals surface area contributed by atoms with Crippen LogP contribution in [0.4, 0.5) is 0 Å². The molecule has 4 nitrogen and oxygen atoms in total. The number of hydrogen-bond acceptors (Lipinski definition) is 5. The summed E-state index contributed by atoms with van der Waals surface area (Å²) in [4.78, 5) is 4.53. The lowest BCUT2D eigenvalue weighted by Crippen LogP contribution is -1.90. The van der Waals surface area contributed by atoms with E-state index in [0.717, 1.165) is 15.8 Å². The zero-order valence-electron chi connectivity index (χ0n) is 12.7. The maximum Gasteiger partial charge on any atom is 0.135 e. The number of fused-ring (bicyclic) bond motifs is 1. The van der Waals surface area contributed by atoms with Crippen molar-refractivity contribution < 1.29 is 9.47 Å². The van der Waals surface area contributed by atoms with Gasteiger partial charge >= 0.3 is 0 Å². The van der Waals surface area contributed by atoms with Crippen LogP contribution < -0.4 is 9.47 Å². The van der Waals surface area contributed by atoms with Crippen LogP contribution in [0.1, 0.15) is 10.6 Å². The van der Waals surface area contributed by atoms with E-state index >= 15 is 0 Å². The number of hydrogen-bond donors (Lipinski definition) is 0. The predicted molar refractivity (Wildman–Crippen MR) is 92.7 cm³/mol. The Morgan fingerprint density at radius 1 is 1.17 bits per heavy atom. The topological polar surface area (TPSA) is 55.1 Å². The highest BCUT2D eigenvalue weighted by Crippen LogP contribution is 2.31. The number of nitrogens with zero attached hydrogens (tertiary/aromatic N) is 2. The Bertz CT molecular complexity index is 889. The second-order valence-electron chi connectivity index (χ2n) is 4.76. The summed E-state index contributed by atoms with van der Waals surface area (Å²) in [6.07, 6.45) is 1.79. The molecule has 0 N–H and O–H groups in total. The van der Waals surface area contributed by atoms with Gasteiger partial charge in [-0.3, -0.25) is 0 Å². The molecule has 0 aliphatic carbocycles. The molecule has 0 spiro atoms. The summed E-state index contributed by atoms with van der Waals surface area (Å²) in [5.74, 6) is 1.36. The maximum atomic E-state index is 9.51. The summed E-state index contributed by atoms with van der Waals surface area (Å²) < 4.78 is 11.6. The van der Waals surface area contributed by atoms with Gasteiger partial charge < -0.3 is 9.47 Å². The monoisotopic (exact) mass is 322 g/mol. The first-order chi connectivity index (χ1) is 11.2. The van der Waals surface area contributed by atoms with Gasteiger partial charge in [0.25, 0.3) is 0 Å². The normalized spacial score (nSPS) is 11.3. The van der Waals surface area contributed by atoms with Crippen molar-refractivity contribution in [2.24, 2.45) is 0 Å². The van der Waals surface area contributed by atoms with Gasteiger partial charge in [-0.2, -0.15) is 5.26 Å². The molecule has 0 amide bonds. The Kier molecular flexibility index (Phi) is 4.26. The van der Waals surface area contributed by atoms with Gasteiger partial charge in [-0.05, 0) is 30.3 Å². The van der Waals surface area contributed by atoms with Crippen LogP contribution in [0, 0.1) is 11.3 Å². The molecule has 1 aromatic heterocycles. The standard InChI is InChI=1S/C18H14N2O2S/c1-21-14-8-7-12(16(10-14)22-2)9-13(11-19)18-20-15-5-3-4-6-17(15)23-18/h3-10H,1-2H3/b13-9+. The van der Waals surface area contributed by atoms with E-state index in [2.05, 4.69) is 11.1 Å². The predicted octanol–water partition coefficient (Wildman–Crippen LogP) is 4.38. The molecule has 1 heterocycles. The van der Waals surface area contributed by atoms with Crippen LogP contribution in [0.5, 0.6) is 11.5 Å². The van der Waals surface area contributed by atoms with E-state index in [1.54, 1.807) is 26.4 Å². The average Bonchev–Trinajstić information content (AvgIpc) is 3.03. The Labute approximate surface area is 138 Å². The van der Waals surface area contributed by atoms with Crippen LogP contribution in [0.25, 0.3) is 21.9 Å². The first kappa shape index (κ1) is 15.1. The van der Waals surface area contributed by atoms with Crippen LogP contribution >= 0.6 is 11.3 Å². The van der Waals surface area contributed by atoms with E-state index in [1.807, 2.05) is 36.4 Å². The molecule has 3 aromatic rings. The van der Waals surface area contributed by atoms with Crippen molar-refractivity contribution in [3.05, 3.63) is 53.0 Å². The highest BCUT2D eigenvalue weighted by atomic mass is 32.1. The molecule has 0 aliphatic heterocycles. The van der Waals surface area contributed by atoms with Crippen LogP contribution in [-0.4, -0.2) is 19.2 Å². The van der Waals surface area contributed by atoms with Gasteiger partial charge in [0.2, 0.25) is 0 Å². The van der Waals surface area contributed by atoms with Gasteiger partial charge in [0, 0.05) is 11.6 Å². The maximum absolute atomic E-state index is 9.51. The molecule has 114 valence electrons. The molecule has 0 aliphatic rings. The number of thiazole rings is 1. The molecular formula is C18H14N2O2S. The number of ether oxygens (including phenoxy) is 2. The fourth-order valence-corrected chi connectivity index (χ4v) is 3.15. The lowest BCUT2D eigenvalue weighted by molar-refractivity contribution is 0.394. The Balaban J connectivity index is 2.07. The lowest BCUT2D eigenvalue weighted by atomic mass is 10.1. The minimum Gasteiger partial charge on any atom is -0.497 e. The first-order valence-corrected chi connectivity index (χ1v) is 7.76. The average molecular weight is 322 g/mol. The quantitative estimate of drug-likeness (QED) is 0.669. The van der Waals surface area contributed by atoms with E-state index < -0.39 is 0 Å². The van der Waals surface area contributed by atoms with Crippen molar-refractivity contribution in [3.63, 3.8) is 0 Å². The molecule has 3 rings (SSSR count). The van der Waals surface area contributed by atoms with Crippen molar-refractivity contribution >= 4 is 33.2 Å². The molecule has 0 saturated carbocycles. The number of methoxy groups -OCH3 is 2. The van der Waals surface area contributed by atoms with Gasteiger partial charge in [0.1, 0.15) is 22.6 Å². The number of allylic oxidation sites excluding steroid dienone is 1. The second-order valence-corrected chi connectivity index (χ2v) is 5.80. The van der Waals surface area contributed by atoms with Crippen molar-refractivity contribution in [1.29, 1.82) is 5.26 Å². The number of benzene rings is 2. The summed E-state index contributed by atoms with van der Waals surface area (Å²) >= 11 is 1.50. The third-order valence-electron chi connectivity index (χ3n) is 3.39. The molecule has 0 saturated heterocycles. The molecule has 23 heavy (non-hydrogen) atoms. The van der Waals surface area contributed by atoms with Crippen molar-refractivity contribution in [1.82, 2.24) is 4.98 Å². The number of para-hydroxylation sites is 1. The summed E-state index contributed by atoms with van der Waals surface area (Å²) in [6.45, 7) is 0. The van der Waals surface area contributed by atoms with Gasteiger partial charge in [-0.1, -0.05) is 12.1 Å². The zero-order valence-corrected chi connectivity index (χ0v) is 13.6. The van der Waals surface area contributed by atoms with E-state index in [0.29, 0.717) is 22.1 Å². The van der Waals surface area contributed by atoms with E-state index in [1.165, 1.54) is 11.3 Å². The van der Waals surface area contributed by atoms with E-state index in [4.69, 9.17) is 9.47 Å². The van der Waals surface area contributed by atoms with Gasteiger partial charge in [0.05, 0.1) is 30.0 Å². The molecule has 0 radical (unpaired) electrons. The SMILES string of the molecule is COc1ccc(/C=C(\C#N)c2nc3ccccc3s2)c(OC)c1. The highest BCUT2D eigenvalue weighted by Gasteiger charge is 2.10. The fraction of sp³-hybridized carbons (Fsp3) is 0.111. The minimum atomic E-state index is 0.509. The zero-order chi connectivity index (χ0) is 16.2.